The highest BCUT2D eigenvalue weighted by atomic mass is 79.9. The lowest BCUT2D eigenvalue weighted by Gasteiger charge is -1.89. The predicted octanol–water partition coefficient (Wildman–Crippen LogP) is 2.90. The Morgan fingerprint density at radius 1 is 1.60 bits per heavy atom. The number of halogens is 1. The summed E-state index contributed by atoms with van der Waals surface area (Å²) in [6.07, 6.45) is 3.76. The quantitative estimate of drug-likeness (QED) is 0.774. The molecule has 1 aromatic rings. The summed E-state index contributed by atoms with van der Waals surface area (Å²) in [4.78, 5) is 0. The van der Waals surface area contributed by atoms with E-state index >= 15 is 0 Å². The Bertz CT molecular complexity index is 197. The lowest BCUT2D eigenvalue weighted by Crippen LogP contribution is -1.81. The van der Waals surface area contributed by atoms with Gasteiger partial charge >= 0.3 is 0 Å². The zero-order valence-electron chi connectivity index (χ0n) is 5.51. The molecule has 0 fully saturated rings. The number of hydrogen-bond acceptors (Lipinski definition) is 2. The van der Waals surface area contributed by atoms with Gasteiger partial charge in [-0.3, -0.25) is 0 Å². The van der Waals surface area contributed by atoms with E-state index in [0.29, 0.717) is 0 Å². The monoisotopic (exact) mass is 220 g/mol. The Balaban J connectivity index is 2.42. The van der Waals surface area contributed by atoms with E-state index in [1.165, 1.54) is 0 Å². The van der Waals surface area contributed by atoms with Crippen LogP contribution in [0.25, 0.3) is 0 Å². The van der Waals surface area contributed by atoms with Gasteiger partial charge in [-0.1, -0.05) is 0 Å². The molecule has 1 rings (SSSR count). The minimum Gasteiger partial charge on any atom is -0.468 e. The van der Waals surface area contributed by atoms with Crippen LogP contribution >= 0.6 is 28.6 Å². The first-order valence-electron chi connectivity index (χ1n) is 3.16. The van der Waals surface area contributed by atoms with Crippen molar-refractivity contribution < 1.29 is 4.42 Å². The maximum Gasteiger partial charge on any atom is 0.105 e. The molecule has 0 saturated carbocycles. The Kier molecular flexibility index (Phi) is 3.35. The molecular formula is C7H9BrOS. The third kappa shape index (κ3) is 2.39. The van der Waals surface area contributed by atoms with Gasteiger partial charge in [-0.05, 0) is 34.2 Å². The maximum atomic E-state index is 5.19. The number of hydrogen-bond donors (Lipinski definition) is 1. The fourth-order valence-electron chi connectivity index (χ4n) is 0.738. The van der Waals surface area contributed by atoms with E-state index < -0.39 is 0 Å². The van der Waals surface area contributed by atoms with Crippen LogP contribution in [0.2, 0.25) is 0 Å². The topological polar surface area (TPSA) is 13.1 Å². The van der Waals surface area contributed by atoms with Crippen molar-refractivity contribution in [3.8, 4) is 0 Å². The fourth-order valence-corrected chi connectivity index (χ4v) is 1.25. The SMILES string of the molecule is SCCCc1cc(Br)co1. The van der Waals surface area contributed by atoms with Crippen molar-refractivity contribution in [2.45, 2.75) is 12.8 Å². The molecule has 1 aromatic heterocycles. The van der Waals surface area contributed by atoms with Crippen LogP contribution in [-0.4, -0.2) is 5.75 Å². The average Bonchev–Trinajstić information content (AvgIpc) is 2.31. The molecule has 0 bridgehead atoms. The second-order valence-electron chi connectivity index (χ2n) is 2.06. The Labute approximate surface area is 74.3 Å². The fraction of sp³-hybridized carbons (Fsp3) is 0.429. The van der Waals surface area contributed by atoms with Crippen molar-refractivity contribution in [2.75, 3.05) is 5.75 Å². The van der Waals surface area contributed by atoms with Crippen LogP contribution in [-0.2, 0) is 6.42 Å². The molecule has 0 atom stereocenters. The maximum absolute atomic E-state index is 5.19. The van der Waals surface area contributed by atoms with Crippen molar-refractivity contribution >= 4 is 28.6 Å². The molecule has 1 nitrogen and oxygen atoms in total. The minimum atomic E-state index is 0.915. The Morgan fingerprint density at radius 3 is 2.90 bits per heavy atom. The molecule has 0 spiro atoms. The van der Waals surface area contributed by atoms with E-state index in [2.05, 4.69) is 28.6 Å². The summed E-state index contributed by atoms with van der Waals surface area (Å²) in [6.45, 7) is 0. The summed E-state index contributed by atoms with van der Waals surface area (Å²) in [6, 6.07) is 1.99. The van der Waals surface area contributed by atoms with Gasteiger partial charge in [0.15, 0.2) is 0 Å². The molecule has 0 aromatic carbocycles. The van der Waals surface area contributed by atoms with Crippen LogP contribution in [0.1, 0.15) is 12.2 Å². The molecule has 0 aliphatic heterocycles. The highest BCUT2D eigenvalue weighted by Crippen LogP contribution is 2.15. The summed E-state index contributed by atoms with van der Waals surface area (Å²) < 4.78 is 6.20. The predicted molar refractivity (Wildman–Crippen MR) is 48.6 cm³/mol. The minimum absolute atomic E-state index is 0.915. The summed E-state index contributed by atoms with van der Waals surface area (Å²) >= 11 is 7.42. The smallest absolute Gasteiger partial charge is 0.105 e. The molecule has 0 saturated heterocycles. The largest absolute Gasteiger partial charge is 0.468 e. The lowest BCUT2D eigenvalue weighted by atomic mass is 10.3. The van der Waals surface area contributed by atoms with Gasteiger partial charge in [-0.2, -0.15) is 12.6 Å². The van der Waals surface area contributed by atoms with Gasteiger partial charge in [0, 0.05) is 6.42 Å². The van der Waals surface area contributed by atoms with Crippen LogP contribution in [0.4, 0.5) is 0 Å². The number of aryl methyl sites for hydroxylation is 1. The van der Waals surface area contributed by atoms with Crippen molar-refractivity contribution in [3.63, 3.8) is 0 Å². The van der Waals surface area contributed by atoms with Gasteiger partial charge in [0.05, 0.1) is 4.47 Å². The molecule has 0 aliphatic rings. The van der Waals surface area contributed by atoms with Gasteiger partial charge in [0.25, 0.3) is 0 Å². The van der Waals surface area contributed by atoms with Gasteiger partial charge in [0.1, 0.15) is 12.0 Å². The second-order valence-corrected chi connectivity index (χ2v) is 3.42. The number of rotatable bonds is 3. The first-order chi connectivity index (χ1) is 4.83. The third-order valence-corrected chi connectivity index (χ3v) is 1.94. The molecule has 1 heterocycles. The zero-order chi connectivity index (χ0) is 7.40. The first kappa shape index (κ1) is 8.21. The molecule has 0 unspecified atom stereocenters. The lowest BCUT2D eigenvalue weighted by molar-refractivity contribution is 0.506. The average molecular weight is 221 g/mol. The standard InChI is InChI=1S/C7H9BrOS/c8-6-4-7(9-5-6)2-1-3-10/h4-5,10H,1-3H2. The van der Waals surface area contributed by atoms with Crippen molar-refractivity contribution in [1.29, 1.82) is 0 Å². The molecule has 0 amide bonds. The van der Waals surface area contributed by atoms with E-state index in [9.17, 15) is 0 Å². The highest BCUT2D eigenvalue weighted by molar-refractivity contribution is 9.10. The summed E-state index contributed by atoms with van der Waals surface area (Å²) in [5, 5.41) is 0. The van der Waals surface area contributed by atoms with Gasteiger partial charge in [-0.15, -0.1) is 0 Å². The second kappa shape index (κ2) is 4.09. The van der Waals surface area contributed by atoms with E-state index in [0.717, 1.165) is 28.8 Å². The summed E-state index contributed by atoms with van der Waals surface area (Å²) in [7, 11) is 0. The van der Waals surface area contributed by atoms with Crippen molar-refractivity contribution in [2.24, 2.45) is 0 Å². The first-order valence-corrected chi connectivity index (χ1v) is 4.59. The Morgan fingerprint density at radius 2 is 2.40 bits per heavy atom. The number of thiol groups is 1. The van der Waals surface area contributed by atoms with E-state index in [-0.39, 0.29) is 0 Å². The molecule has 0 aliphatic carbocycles. The van der Waals surface area contributed by atoms with Gasteiger partial charge < -0.3 is 4.42 Å². The van der Waals surface area contributed by atoms with E-state index in [1.807, 2.05) is 6.07 Å². The van der Waals surface area contributed by atoms with Gasteiger partial charge in [-0.25, -0.2) is 0 Å². The van der Waals surface area contributed by atoms with Crippen LogP contribution in [0.15, 0.2) is 21.2 Å². The van der Waals surface area contributed by atoms with Crippen LogP contribution in [0, 0.1) is 0 Å². The van der Waals surface area contributed by atoms with Gasteiger partial charge in [0.2, 0.25) is 0 Å². The number of furan rings is 1. The van der Waals surface area contributed by atoms with E-state index in [4.69, 9.17) is 4.42 Å². The molecule has 10 heavy (non-hydrogen) atoms. The zero-order valence-corrected chi connectivity index (χ0v) is 7.99. The third-order valence-electron chi connectivity index (χ3n) is 1.20. The summed E-state index contributed by atoms with van der Waals surface area (Å²) in [5.41, 5.74) is 0. The molecule has 0 N–H and O–H groups in total. The van der Waals surface area contributed by atoms with Crippen molar-refractivity contribution in [1.82, 2.24) is 0 Å². The highest BCUT2D eigenvalue weighted by Gasteiger charge is 1.96. The van der Waals surface area contributed by atoms with Crippen LogP contribution in [0.3, 0.4) is 0 Å². The Hall–Kier alpha value is 0.110. The molecule has 3 heteroatoms. The van der Waals surface area contributed by atoms with Crippen molar-refractivity contribution in [3.05, 3.63) is 22.6 Å². The normalized spacial score (nSPS) is 10.2. The van der Waals surface area contributed by atoms with Crippen LogP contribution < -0.4 is 0 Å². The molecular weight excluding hydrogens is 212 g/mol. The molecule has 56 valence electrons. The van der Waals surface area contributed by atoms with E-state index in [1.54, 1.807) is 6.26 Å². The summed E-state index contributed by atoms with van der Waals surface area (Å²) in [5.74, 6) is 1.94. The molecule has 0 radical (unpaired) electrons. The van der Waals surface area contributed by atoms with Crippen LogP contribution in [0.5, 0.6) is 0 Å².